The molecule has 3 nitrogen and oxygen atoms in total. The first-order valence-corrected chi connectivity index (χ1v) is 4.50. The van der Waals surface area contributed by atoms with Gasteiger partial charge in [0.2, 0.25) is 0 Å². The minimum atomic E-state index is 0.479. The van der Waals surface area contributed by atoms with Crippen molar-refractivity contribution in [2.24, 2.45) is 0 Å². The minimum Gasteiger partial charge on any atom is -0.237 e. The summed E-state index contributed by atoms with van der Waals surface area (Å²) >= 11 is 0. The van der Waals surface area contributed by atoms with Crippen molar-refractivity contribution in [2.75, 3.05) is 0 Å². The monoisotopic (exact) mass is 175 g/mol. The standard InChI is InChI=1S/C10H13N3/c1-7(2)9-8(3)12-13-6-4-5-11-10(9)13/h4-7H,1-3H3. The van der Waals surface area contributed by atoms with Crippen molar-refractivity contribution < 1.29 is 0 Å². The zero-order valence-corrected chi connectivity index (χ0v) is 8.15. The number of rotatable bonds is 1. The van der Waals surface area contributed by atoms with Gasteiger partial charge in [-0.3, -0.25) is 0 Å². The molecule has 0 saturated carbocycles. The lowest BCUT2D eigenvalue weighted by Crippen LogP contribution is -1.91. The number of fused-ring (bicyclic) bond motifs is 1. The molecule has 2 heterocycles. The van der Waals surface area contributed by atoms with Gasteiger partial charge in [0.05, 0.1) is 5.69 Å². The summed E-state index contributed by atoms with van der Waals surface area (Å²) in [6.45, 7) is 6.36. The first kappa shape index (κ1) is 8.23. The molecule has 0 aliphatic heterocycles. The third-order valence-electron chi connectivity index (χ3n) is 2.19. The highest BCUT2D eigenvalue weighted by atomic mass is 15.2. The van der Waals surface area contributed by atoms with E-state index in [-0.39, 0.29) is 0 Å². The Labute approximate surface area is 77.4 Å². The molecule has 0 fully saturated rings. The van der Waals surface area contributed by atoms with E-state index in [1.807, 2.05) is 29.9 Å². The van der Waals surface area contributed by atoms with Crippen LogP contribution in [0.3, 0.4) is 0 Å². The highest BCUT2D eigenvalue weighted by Crippen LogP contribution is 2.21. The van der Waals surface area contributed by atoms with Gasteiger partial charge in [-0.25, -0.2) is 9.50 Å². The molecule has 0 saturated heterocycles. The predicted molar refractivity (Wildman–Crippen MR) is 51.8 cm³/mol. The second kappa shape index (κ2) is 2.83. The van der Waals surface area contributed by atoms with Crippen LogP contribution in [0.15, 0.2) is 18.5 Å². The van der Waals surface area contributed by atoms with Gasteiger partial charge >= 0.3 is 0 Å². The summed E-state index contributed by atoms with van der Waals surface area (Å²) in [6, 6.07) is 1.89. The molecular weight excluding hydrogens is 162 g/mol. The van der Waals surface area contributed by atoms with Crippen LogP contribution in [0.4, 0.5) is 0 Å². The van der Waals surface area contributed by atoms with Crippen molar-refractivity contribution in [3.63, 3.8) is 0 Å². The molecule has 0 aliphatic rings. The third kappa shape index (κ3) is 1.20. The molecular formula is C10H13N3. The van der Waals surface area contributed by atoms with Crippen molar-refractivity contribution in [3.05, 3.63) is 29.7 Å². The number of aryl methyl sites for hydroxylation is 1. The predicted octanol–water partition coefficient (Wildman–Crippen LogP) is 2.16. The maximum absolute atomic E-state index is 4.39. The summed E-state index contributed by atoms with van der Waals surface area (Å²) in [6.07, 6.45) is 3.74. The Morgan fingerprint density at radius 3 is 2.85 bits per heavy atom. The van der Waals surface area contributed by atoms with E-state index in [2.05, 4.69) is 23.9 Å². The summed E-state index contributed by atoms with van der Waals surface area (Å²) in [7, 11) is 0. The summed E-state index contributed by atoms with van der Waals surface area (Å²) < 4.78 is 1.84. The first-order chi connectivity index (χ1) is 6.20. The Morgan fingerprint density at radius 1 is 1.38 bits per heavy atom. The maximum Gasteiger partial charge on any atom is 0.158 e. The SMILES string of the molecule is Cc1nn2cccnc2c1C(C)C. The normalized spacial score (nSPS) is 11.4. The topological polar surface area (TPSA) is 30.2 Å². The van der Waals surface area contributed by atoms with E-state index in [1.54, 1.807) is 0 Å². The van der Waals surface area contributed by atoms with Gasteiger partial charge in [-0.05, 0) is 18.9 Å². The Hall–Kier alpha value is -1.38. The summed E-state index contributed by atoms with van der Waals surface area (Å²) in [5.74, 6) is 0.479. The molecule has 0 spiro atoms. The molecule has 0 bridgehead atoms. The Bertz CT molecular complexity index is 429. The molecule has 0 aromatic carbocycles. The largest absolute Gasteiger partial charge is 0.237 e. The van der Waals surface area contributed by atoms with Crippen molar-refractivity contribution in [2.45, 2.75) is 26.7 Å². The second-order valence-electron chi connectivity index (χ2n) is 3.54. The van der Waals surface area contributed by atoms with E-state index >= 15 is 0 Å². The number of hydrogen-bond acceptors (Lipinski definition) is 2. The lowest BCUT2D eigenvalue weighted by atomic mass is 10.0. The van der Waals surface area contributed by atoms with Gasteiger partial charge in [0.25, 0.3) is 0 Å². The minimum absolute atomic E-state index is 0.479. The van der Waals surface area contributed by atoms with Crippen LogP contribution in [0.1, 0.15) is 31.0 Å². The molecule has 0 atom stereocenters. The van der Waals surface area contributed by atoms with Crippen LogP contribution in [0.25, 0.3) is 5.65 Å². The molecule has 0 radical (unpaired) electrons. The van der Waals surface area contributed by atoms with Crippen LogP contribution in [0, 0.1) is 6.92 Å². The molecule has 0 unspecified atom stereocenters. The molecule has 3 heteroatoms. The van der Waals surface area contributed by atoms with Crippen LogP contribution in [-0.4, -0.2) is 14.6 Å². The zero-order chi connectivity index (χ0) is 9.42. The van der Waals surface area contributed by atoms with Crippen LogP contribution in [-0.2, 0) is 0 Å². The lowest BCUT2D eigenvalue weighted by molar-refractivity contribution is 0.860. The Kier molecular flexibility index (Phi) is 1.79. The third-order valence-corrected chi connectivity index (χ3v) is 2.19. The van der Waals surface area contributed by atoms with Gasteiger partial charge in [-0.15, -0.1) is 0 Å². The van der Waals surface area contributed by atoms with Gasteiger partial charge in [-0.1, -0.05) is 13.8 Å². The fourth-order valence-corrected chi connectivity index (χ4v) is 1.69. The van der Waals surface area contributed by atoms with Crippen molar-refractivity contribution >= 4 is 5.65 Å². The molecule has 13 heavy (non-hydrogen) atoms. The van der Waals surface area contributed by atoms with E-state index in [9.17, 15) is 0 Å². The van der Waals surface area contributed by atoms with E-state index in [0.29, 0.717) is 5.92 Å². The smallest absolute Gasteiger partial charge is 0.158 e. The first-order valence-electron chi connectivity index (χ1n) is 4.50. The summed E-state index contributed by atoms with van der Waals surface area (Å²) in [5, 5.41) is 4.39. The van der Waals surface area contributed by atoms with Gasteiger partial charge in [-0.2, -0.15) is 5.10 Å². The molecule has 0 N–H and O–H groups in total. The van der Waals surface area contributed by atoms with E-state index in [0.717, 1.165) is 11.3 Å². The van der Waals surface area contributed by atoms with Crippen molar-refractivity contribution in [1.82, 2.24) is 14.6 Å². The second-order valence-corrected chi connectivity index (χ2v) is 3.54. The summed E-state index contributed by atoms with van der Waals surface area (Å²) in [4.78, 5) is 4.32. The average molecular weight is 175 g/mol. The molecule has 0 aliphatic carbocycles. The lowest BCUT2D eigenvalue weighted by Gasteiger charge is -2.01. The Morgan fingerprint density at radius 2 is 2.15 bits per heavy atom. The van der Waals surface area contributed by atoms with Gasteiger partial charge in [0.15, 0.2) is 5.65 Å². The van der Waals surface area contributed by atoms with Crippen LogP contribution in [0.2, 0.25) is 0 Å². The van der Waals surface area contributed by atoms with Gasteiger partial charge in [0, 0.05) is 18.0 Å². The number of hydrogen-bond donors (Lipinski definition) is 0. The highest BCUT2D eigenvalue weighted by Gasteiger charge is 2.12. The van der Waals surface area contributed by atoms with E-state index < -0.39 is 0 Å². The fraction of sp³-hybridized carbons (Fsp3) is 0.400. The highest BCUT2D eigenvalue weighted by molar-refractivity contribution is 5.50. The fourth-order valence-electron chi connectivity index (χ4n) is 1.69. The van der Waals surface area contributed by atoms with E-state index in [1.165, 1.54) is 5.56 Å². The van der Waals surface area contributed by atoms with Gasteiger partial charge in [0.1, 0.15) is 0 Å². The number of aromatic nitrogens is 3. The molecule has 0 amide bonds. The molecule has 2 aromatic rings. The summed E-state index contributed by atoms with van der Waals surface area (Å²) in [5.41, 5.74) is 3.31. The molecule has 2 rings (SSSR count). The van der Waals surface area contributed by atoms with Crippen LogP contribution >= 0.6 is 0 Å². The average Bonchev–Trinajstić information content (AvgIpc) is 2.39. The van der Waals surface area contributed by atoms with Crippen LogP contribution in [0.5, 0.6) is 0 Å². The van der Waals surface area contributed by atoms with E-state index in [4.69, 9.17) is 0 Å². The van der Waals surface area contributed by atoms with Gasteiger partial charge < -0.3 is 0 Å². The van der Waals surface area contributed by atoms with Crippen LogP contribution < -0.4 is 0 Å². The quantitative estimate of drug-likeness (QED) is 0.664. The zero-order valence-electron chi connectivity index (χ0n) is 8.15. The molecule has 2 aromatic heterocycles. The van der Waals surface area contributed by atoms with Crippen molar-refractivity contribution in [3.8, 4) is 0 Å². The number of nitrogens with zero attached hydrogens (tertiary/aromatic N) is 3. The van der Waals surface area contributed by atoms with Crippen molar-refractivity contribution in [1.29, 1.82) is 0 Å². The Balaban J connectivity index is 2.78. The maximum atomic E-state index is 4.39. The molecule has 68 valence electrons.